The highest BCUT2D eigenvalue weighted by Crippen LogP contribution is 2.29. The van der Waals surface area contributed by atoms with Crippen LogP contribution in [0, 0.1) is 0 Å². The van der Waals surface area contributed by atoms with Gasteiger partial charge in [-0.25, -0.2) is 8.42 Å². The lowest BCUT2D eigenvalue weighted by Crippen LogP contribution is -2.31. The molecule has 2 aliphatic rings. The number of rotatable bonds is 6. The Kier molecular flexibility index (Phi) is 6.75. The van der Waals surface area contributed by atoms with E-state index in [0.29, 0.717) is 31.0 Å². The third-order valence-corrected chi connectivity index (χ3v) is 9.12. The molecule has 2 heterocycles. The first-order chi connectivity index (χ1) is 16.5. The quantitative estimate of drug-likeness (QED) is 0.553. The summed E-state index contributed by atoms with van der Waals surface area (Å²) in [5.41, 5.74) is 3.53. The van der Waals surface area contributed by atoms with Crippen LogP contribution in [-0.2, 0) is 27.8 Å². The number of sulfonamides is 1. The largest absolute Gasteiger partial charge is 0.349 e. The first kappa shape index (κ1) is 23.1. The van der Waals surface area contributed by atoms with Crippen molar-refractivity contribution in [2.75, 3.05) is 13.1 Å². The fourth-order valence-electron chi connectivity index (χ4n) is 5.36. The molecule has 3 aromatic rings. The SMILES string of the molecule is O=C(CCn1ccc2cc(S(=O)(=O)N3CCCCCC3)ccc21)N[C@@H]1CCCc2ccccc21. The minimum atomic E-state index is -3.47. The number of nitrogens with one attached hydrogen (secondary N) is 1. The fourth-order valence-corrected chi connectivity index (χ4v) is 6.91. The van der Waals surface area contributed by atoms with E-state index in [4.69, 9.17) is 0 Å². The van der Waals surface area contributed by atoms with E-state index in [9.17, 15) is 13.2 Å². The number of carbonyl (C=O) groups is 1. The zero-order valence-electron chi connectivity index (χ0n) is 19.6. The first-order valence-corrected chi connectivity index (χ1v) is 13.9. The molecule has 1 atom stereocenters. The van der Waals surface area contributed by atoms with Crippen LogP contribution in [0.5, 0.6) is 0 Å². The van der Waals surface area contributed by atoms with Crippen LogP contribution in [0.4, 0.5) is 0 Å². The van der Waals surface area contributed by atoms with Crippen molar-refractivity contribution in [2.45, 2.75) is 68.8 Å². The lowest BCUT2D eigenvalue weighted by Gasteiger charge is -2.26. The van der Waals surface area contributed by atoms with Crippen molar-refractivity contribution < 1.29 is 13.2 Å². The molecule has 0 unspecified atom stereocenters. The van der Waals surface area contributed by atoms with Crippen LogP contribution >= 0.6 is 0 Å². The van der Waals surface area contributed by atoms with Crippen molar-refractivity contribution in [3.63, 3.8) is 0 Å². The summed E-state index contributed by atoms with van der Waals surface area (Å²) < 4.78 is 30.0. The maximum Gasteiger partial charge on any atom is 0.243 e. The van der Waals surface area contributed by atoms with Gasteiger partial charge >= 0.3 is 0 Å². The molecule has 34 heavy (non-hydrogen) atoms. The smallest absolute Gasteiger partial charge is 0.243 e. The minimum absolute atomic E-state index is 0.0453. The van der Waals surface area contributed by atoms with Crippen molar-refractivity contribution >= 4 is 26.8 Å². The van der Waals surface area contributed by atoms with Gasteiger partial charge in [0, 0.05) is 43.2 Å². The van der Waals surface area contributed by atoms with Gasteiger partial charge in [-0.1, -0.05) is 37.1 Å². The van der Waals surface area contributed by atoms with Crippen LogP contribution < -0.4 is 5.32 Å². The summed E-state index contributed by atoms with van der Waals surface area (Å²) in [7, 11) is -3.47. The molecule has 0 spiro atoms. The summed E-state index contributed by atoms with van der Waals surface area (Å²) in [6.07, 6.45) is 9.50. The molecule has 7 heteroatoms. The lowest BCUT2D eigenvalue weighted by atomic mass is 9.88. The molecule has 1 aromatic heterocycles. The Hall–Kier alpha value is -2.64. The topological polar surface area (TPSA) is 71.4 Å². The molecule has 1 saturated heterocycles. The predicted octanol–water partition coefficient (Wildman–Crippen LogP) is 4.79. The summed E-state index contributed by atoms with van der Waals surface area (Å²) in [5.74, 6) is 0.0453. The van der Waals surface area contributed by atoms with E-state index in [0.717, 1.165) is 55.8 Å². The number of carbonyl (C=O) groups excluding carboxylic acids is 1. The molecule has 6 nitrogen and oxygen atoms in total. The van der Waals surface area contributed by atoms with Gasteiger partial charge in [-0.2, -0.15) is 4.31 Å². The first-order valence-electron chi connectivity index (χ1n) is 12.5. The van der Waals surface area contributed by atoms with Gasteiger partial charge in [-0.05, 0) is 67.5 Å². The van der Waals surface area contributed by atoms with E-state index in [2.05, 4.69) is 23.5 Å². The Morgan fingerprint density at radius 1 is 0.971 bits per heavy atom. The summed E-state index contributed by atoms with van der Waals surface area (Å²) in [5, 5.41) is 4.11. The van der Waals surface area contributed by atoms with Crippen LogP contribution in [0.1, 0.15) is 62.1 Å². The van der Waals surface area contributed by atoms with E-state index < -0.39 is 10.0 Å². The number of nitrogens with zero attached hydrogens (tertiary/aromatic N) is 2. The van der Waals surface area contributed by atoms with Gasteiger partial charge in [0.15, 0.2) is 0 Å². The van der Waals surface area contributed by atoms with Crippen LogP contribution in [0.15, 0.2) is 59.6 Å². The molecule has 5 rings (SSSR count). The average molecular weight is 480 g/mol. The van der Waals surface area contributed by atoms with Crippen LogP contribution in [0.2, 0.25) is 0 Å². The van der Waals surface area contributed by atoms with E-state index >= 15 is 0 Å². The standard InChI is InChI=1S/C27H33N3O3S/c31-27(28-25-11-7-9-21-8-3-4-10-24(21)25)15-19-29-18-14-22-20-23(12-13-26(22)29)34(32,33)30-16-5-1-2-6-17-30/h3-4,8,10,12-14,18,20,25H,1-2,5-7,9,11,15-17,19H2,(H,28,31)/t25-/m1/s1. The van der Waals surface area contributed by atoms with Crippen LogP contribution in [0.3, 0.4) is 0 Å². The molecule has 1 aliphatic heterocycles. The Morgan fingerprint density at radius 3 is 2.59 bits per heavy atom. The Morgan fingerprint density at radius 2 is 1.76 bits per heavy atom. The van der Waals surface area contributed by atoms with Crippen LogP contribution in [0.25, 0.3) is 10.9 Å². The Labute approximate surface area is 202 Å². The molecule has 1 amide bonds. The van der Waals surface area contributed by atoms with E-state index in [1.54, 1.807) is 16.4 Å². The second kappa shape index (κ2) is 9.92. The van der Waals surface area contributed by atoms with E-state index in [1.807, 2.05) is 29.0 Å². The molecular weight excluding hydrogens is 446 g/mol. The normalized spacial score (nSPS) is 19.5. The fraction of sp³-hybridized carbons (Fsp3) is 0.444. The summed E-state index contributed by atoms with van der Waals surface area (Å²) in [6.45, 7) is 1.76. The van der Waals surface area contributed by atoms with Crippen molar-refractivity contribution in [2.24, 2.45) is 0 Å². The van der Waals surface area contributed by atoms with Gasteiger partial charge in [-0.3, -0.25) is 4.79 Å². The summed E-state index contributed by atoms with van der Waals surface area (Å²) in [6, 6.07) is 15.7. The zero-order chi connectivity index (χ0) is 23.5. The Balaban J connectivity index is 1.25. The van der Waals surface area contributed by atoms with Crippen molar-refractivity contribution in [3.05, 3.63) is 65.9 Å². The maximum atomic E-state index is 13.1. The molecule has 0 radical (unpaired) electrons. The molecule has 1 N–H and O–H groups in total. The molecule has 0 bridgehead atoms. The zero-order valence-corrected chi connectivity index (χ0v) is 20.4. The van der Waals surface area contributed by atoms with Gasteiger partial charge in [0.25, 0.3) is 0 Å². The van der Waals surface area contributed by atoms with Crippen LogP contribution in [-0.4, -0.2) is 36.3 Å². The molecule has 0 saturated carbocycles. The highest BCUT2D eigenvalue weighted by molar-refractivity contribution is 7.89. The number of hydrogen-bond donors (Lipinski definition) is 1. The molecule has 2 aromatic carbocycles. The number of aromatic nitrogens is 1. The van der Waals surface area contributed by atoms with Gasteiger partial charge in [0.05, 0.1) is 10.9 Å². The van der Waals surface area contributed by atoms with Gasteiger partial charge in [0.1, 0.15) is 0 Å². The maximum absolute atomic E-state index is 13.1. The average Bonchev–Trinajstić information content (AvgIpc) is 3.05. The van der Waals surface area contributed by atoms with Gasteiger partial charge in [0.2, 0.25) is 15.9 Å². The number of aryl methyl sites for hydroxylation is 2. The second-order valence-corrected chi connectivity index (χ2v) is 11.4. The predicted molar refractivity (Wildman–Crippen MR) is 134 cm³/mol. The monoisotopic (exact) mass is 479 g/mol. The van der Waals surface area contributed by atoms with Gasteiger partial charge in [-0.15, -0.1) is 0 Å². The molecular formula is C27H33N3O3S. The van der Waals surface area contributed by atoms with Crippen molar-refractivity contribution in [1.82, 2.24) is 14.2 Å². The van der Waals surface area contributed by atoms with Gasteiger partial charge < -0.3 is 9.88 Å². The highest BCUT2D eigenvalue weighted by atomic mass is 32.2. The third kappa shape index (κ3) is 4.77. The number of amides is 1. The number of fused-ring (bicyclic) bond motifs is 2. The lowest BCUT2D eigenvalue weighted by molar-refractivity contribution is -0.122. The van der Waals surface area contributed by atoms with E-state index in [1.165, 1.54) is 11.1 Å². The molecule has 1 fully saturated rings. The minimum Gasteiger partial charge on any atom is -0.349 e. The molecule has 1 aliphatic carbocycles. The molecule has 180 valence electrons. The highest BCUT2D eigenvalue weighted by Gasteiger charge is 2.26. The second-order valence-electron chi connectivity index (χ2n) is 9.51. The third-order valence-electron chi connectivity index (χ3n) is 7.23. The van der Waals surface area contributed by atoms with Crippen molar-refractivity contribution in [3.8, 4) is 0 Å². The summed E-state index contributed by atoms with van der Waals surface area (Å²) in [4.78, 5) is 13.1. The number of benzene rings is 2. The van der Waals surface area contributed by atoms with Crippen molar-refractivity contribution in [1.29, 1.82) is 0 Å². The number of hydrogen-bond acceptors (Lipinski definition) is 3. The van der Waals surface area contributed by atoms with E-state index in [-0.39, 0.29) is 11.9 Å². The Bertz CT molecular complexity index is 1270. The summed E-state index contributed by atoms with van der Waals surface area (Å²) >= 11 is 0.